The van der Waals surface area contributed by atoms with Gasteiger partial charge in [0.15, 0.2) is 5.60 Å². The summed E-state index contributed by atoms with van der Waals surface area (Å²) in [5.41, 5.74) is -2.45. The SMILES string of the molecule is CC(O)(C(N)=O)c1c2c(=O)oc(=O)c2cc2c(=O)oc(=O)c12. The van der Waals surface area contributed by atoms with Gasteiger partial charge in [-0.2, -0.15) is 0 Å². The summed E-state index contributed by atoms with van der Waals surface area (Å²) < 4.78 is 8.78. The number of hydrogen-bond donors (Lipinski definition) is 2. The predicted molar refractivity (Wildman–Crippen MR) is 72.2 cm³/mol. The molecule has 0 fully saturated rings. The Morgan fingerprint density at radius 1 is 1.00 bits per heavy atom. The van der Waals surface area contributed by atoms with Gasteiger partial charge in [0.1, 0.15) is 0 Å². The molecule has 0 aliphatic heterocycles. The van der Waals surface area contributed by atoms with E-state index < -0.39 is 50.3 Å². The fourth-order valence-electron chi connectivity index (χ4n) is 2.42. The van der Waals surface area contributed by atoms with Crippen LogP contribution >= 0.6 is 0 Å². The first-order chi connectivity index (χ1) is 10.2. The number of carbonyl (C=O) groups is 1. The minimum absolute atomic E-state index is 0.355. The lowest BCUT2D eigenvalue weighted by atomic mass is 9.88. The molecule has 0 aliphatic carbocycles. The van der Waals surface area contributed by atoms with Crippen molar-refractivity contribution in [2.24, 2.45) is 5.73 Å². The van der Waals surface area contributed by atoms with Crippen molar-refractivity contribution in [1.29, 1.82) is 0 Å². The molecule has 3 N–H and O–H groups in total. The topological polar surface area (TPSA) is 158 Å². The molecule has 1 unspecified atom stereocenters. The van der Waals surface area contributed by atoms with Crippen LogP contribution in [0.2, 0.25) is 0 Å². The first-order valence-corrected chi connectivity index (χ1v) is 5.93. The Labute approximate surface area is 118 Å². The highest BCUT2D eigenvalue weighted by Gasteiger charge is 2.38. The van der Waals surface area contributed by atoms with Crippen molar-refractivity contribution in [2.45, 2.75) is 12.5 Å². The maximum Gasteiger partial charge on any atom is 0.347 e. The van der Waals surface area contributed by atoms with E-state index in [4.69, 9.17) is 5.73 Å². The highest BCUT2D eigenvalue weighted by Crippen LogP contribution is 2.31. The average molecular weight is 305 g/mol. The zero-order valence-corrected chi connectivity index (χ0v) is 11.0. The molecule has 0 spiro atoms. The first kappa shape index (κ1) is 13.9. The van der Waals surface area contributed by atoms with Crippen LogP contribution in [0.5, 0.6) is 0 Å². The molecule has 1 amide bonds. The zero-order valence-electron chi connectivity index (χ0n) is 11.0. The highest BCUT2D eigenvalue weighted by atomic mass is 16.4. The van der Waals surface area contributed by atoms with Crippen molar-refractivity contribution < 1.29 is 18.7 Å². The van der Waals surface area contributed by atoms with E-state index in [1.807, 2.05) is 0 Å². The lowest BCUT2D eigenvalue weighted by molar-refractivity contribution is -0.135. The predicted octanol–water partition coefficient (Wildman–Crippen LogP) is -1.81. The smallest absolute Gasteiger partial charge is 0.347 e. The quantitative estimate of drug-likeness (QED) is 0.560. The van der Waals surface area contributed by atoms with Crippen LogP contribution in [0.15, 0.2) is 34.1 Å². The first-order valence-electron chi connectivity index (χ1n) is 5.93. The van der Waals surface area contributed by atoms with E-state index >= 15 is 0 Å². The summed E-state index contributed by atoms with van der Waals surface area (Å²) >= 11 is 0. The Bertz CT molecular complexity index is 1080. The van der Waals surface area contributed by atoms with E-state index in [1.165, 1.54) is 0 Å². The Hall–Kier alpha value is -3.07. The van der Waals surface area contributed by atoms with E-state index in [-0.39, 0.29) is 10.8 Å². The number of nitrogens with two attached hydrogens (primary N) is 1. The second kappa shape index (κ2) is 3.98. The van der Waals surface area contributed by atoms with Gasteiger partial charge in [0.05, 0.1) is 21.5 Å². The third kappa shape index (κ3) is 1.53. The molecule has 3 aromatic rings. The van der Waals surface area contributed by atoms with Gasteiger partial charge in [-0.05, 0) is 13.0 Å². The number of fused-ring (bicyclic) bond motifs is 2. The van der Waals surface area contributed by atoms with Gasteiger partial charge < -0.3 is 19.7 Å². The zero-order chi connectivity index (χ0) is 16.4. The van der Waals surface area contributed by atoms with Crippen LogP contribution in [-0.2, 0) is 10.4 Å². The van der Waals surface area contributed by atoms with Crippen molar-refractivity contribution in [2.75, 3.05) is 0 Å². The maximum absolute atomic E-state index is 11.8. The summed E-state index contributed by atoms with van der Waals surface area (Å²) in [6.45, 7) is 0.928. The Morgan fingerprint density at radius 3 is 1.77 bits per heavy atom. The number of rotatable bonds is 2. The number of benzene rings is 1. The van der Waals surface area contributed by atoms with E-state index in [0.717, 1.165) is 13.0 Å². The number of primary amides is 1. The molecule has 0 radical (unpaired) electrons. The second-order valence-electron chi connectivity index (χ2n) is 4.89. The summed E-state index contributed by atoms with van der Waals surface area (Å²) in [5, 5.41) is 8.60. The van der Waals surface area contributed by atoms with Gasteiger partial charge in [-0.25, -0.2) is 19.2 Å². The summed E-state index contributed by atoms with van der Waals surface area (Å²) in [7, 11) is 0. The van der Waals surface area contributed by atoms with Gasteiger partial charge in [-0.1, -0.05) is 0 Å². The molecule has 9 heteroatoms. The lowest BCUT2D eigenvalue weighted by Crippen LogP contribution is -2.39. The standard InChI is InChI=1S/C13H7NO8/c1-13(20,12(14)19)7-5-3(8(15)21-10(5)17)2-4-6(7)11(18)22-9(4)16/h2,20H,1H3,(H2,14,19). The number of carbonyl (C=O) groups excluding carboxylic acids is 1. The fraction of sp³-hybridized carbons (Fsp3) is 0.154. The lowest BCUT2D eigenvalue weighted by Gasteiger charge is -2.20. The van der Waals surface area contributed by atoms with Crippen LogP contribution < -0.4 is 28.2 Å². The number of hydrogen-bond acceptors (Lipinski definition) is 8. The third-order valence-electron chi connectivity index (χ3n) is 3.51. The van der Waals surface area contributed by atoms with Crippen LogP contribution in [0.1, 0.15) is 12.5 Å². The van der Waals surface area contributed by atoms with Crippen molar-refractivity contribution in [3.63, 3.8) is 0 Å². The van der Waals surface area contributed by atoms with Gasteiger partial charge in [0.25, 0.3) is 5.91 Å². The van der Waals surface area contributed by atoms with Gasteiger partial charge in [-0.15, -0.1) is 0 Å². The molecule has 0 aliphatic rings. The monoisotopic (exact) mass is 305 g/mol. The molecule has 112 valence electrons. The minimum Gasteiger partial charge on any atom is -0.386 e. The van der Waals surface area contributed by atoms with Crippen molar-refractivity contribution in [3.05, 3.63) is 53.3 Å². The summed E-state index contributed by atoms with van der Waals surface area (Å²) in [5.74, 6) is -1.29. The van der Waals surface area contributed by atoms with Crippen LogP contribution in [0.3, 0.4) is 0 Å². The minimum atomic E-state index is -2.50. The van der Waals surface area contributed by atoms with E-state index in [9.17, 15) is 29.1 Å². The molecular formula is C13H7NO8. The van der Waals surface area contributed by atoms with E-state index in [2.05, 4.69) is 8.83 Å². The molecule has 9 nitrogen and oxygen atoms in total. The Morgan fingerprint density at radius 2 is 1.41 bits per heavy atom. The van der Waals surface area contributed by atoms with Gasteiger partial charge in [0.2, 0.25) is 0 Å². The summed E-state index contributed by atoms with van der Waals surface area (Å²) in [4.78, 5) is 58.4. The largest absolute Gasteiger partial charge is 0.386 e. The molecule has 3 rings (SSSR count). The molecule has 1 aromatic carbocycles. The average Bonchev–Trinajstić information content (AvgIpc) is 2.86. The number of furan rings is 2. The van der Waals surface area contributed by atoms with Gasteiger partial charge in [-0.3, -0.25) is 4.79 Å². The van der Waals surface area contributed by atoms with Crippen molar-refractivity contribution in [3.8, 4) is 0 Å². The molecule has 0 saturated heterocycles. The number of amides is 1. The van der Waals surface area contributed by atoms with Crippen LogP contribution in [0.4, 0.5) is 0 Å². The Kier molecular flexibility index (Phi) is 2.51. The van der Waals surface area contributed by atoms with Crippen LogP contribution in [0, 0.1) is 0 Å². The summed E-state index contributed by atoms with van der Waals surface area (Å²) in [6.07, 6.45) is 0. The summed E-state index contributed by atoms with van der Waals surface area (Å²) in [6, 6.07) is 0.950. The second-order valence-corrected chi connectivity index (χ2v) is 4.89. The van der Waals surface area contributed by atoms with E-state index in [1.54, 1.807) is 0 Å². The molecular weight excluding hydrogens is 298 g/mol. The highest BCUT2D eigenvalue weighted by molar-refractivity contribution is 6.05. The van der Waals surface area contributed by atoms with Gasteiger partial charge in [0, 0.05) is 5.56 Å². The molecule has 0 bridgehead atoms. The van der Waals surface area contributed by atoms with Crippen molar-refractivity contribution in [1.82, 2.24) is 0 Å². The van der Waals surface area contributed by atoms with Crippen LogP contribution in [0.25, 0.3) is 21.5 Å². The maximum atomic E-state index is 11.8. The third-order valence-corrected chi connectivity index (χ3v) is 3.51. The molecule has 2 aromatic heterocycles. The van der Waals surface area contributed by atoms with Crippen LogP contribution in [-0.4, -0.2) is 11.0 Å². The molecule has 22 heavy (non-hydrogen) atoms. The normalized spacial score (nSPS) is 14.5. The molecule has 1 atom stereocenters. The Balaban J connectivity index is 2.80. The van der Waals surface area contributed by atoms with E-state index in [0.29, 0.717) is 0 Å². The number of aliphatic hydroxyl groups is 1. The van der Waals surface area contributed by atoms with Crippen molar-refractivity contribution >= 4 is 27.5 Å². The van der Waals surface area contributed by atoms with Gasteiger partial charge >= 0.3 is 22.5 Å². The molecule has 2 heterocycles. The molecule has 0 saturated carbocycles. The fourth-order valence-corrected chi connectivity index (χ4v) is 2.42.